The van der Waals surface area contributed by atoms with Crippen LogP contribution < -0.4 is 15.5 Å². The number of anilines is 2. The number of ether oxygens (including phenoxy) is 1. The average Bonchev–Trinajstić information content (AvgIpc) is 2.79. The third-order valence-electron chi connectivity index (χ3n) is 4.70. The topological polar surface area (TPSA) is 79.4 Å². The van der Waals surface area contributed by atoms with E-state index in [0.717, 1.165) is 35.7 Å². The predicted molar refractivity (Wildman–Crippen MR) is 113 cm³/mol. The largest absolute Gasteiger partial charge is 0.378 e. The number of nitrogens with zero attached hydrogens (tertiary/aromatic N) is 3. The molecule has 1 aliphatic rings. The summed E-state index contributed by atoms with van der Waals surface area (Å²) in [6, 6.07) is 17.1. The van der Waals surface area contributed by atoms with Crippen LogP contribution in [0.4, 0.5) is 16.3 Å². The number of morpholine rings is 1. The van der Waals surface area contributed by atoms with Gasteiger partial charge < -0.3 is 20.3 Å². The van der Waals surface area contributed by atoms with Crippen molar-refractivity contribution in [3.8, 4) is 11.3 Å². The Morgan fingerprint density at radius 2 is 1.83 bits per heavy atom. The van der Waals surface area contributed by atoms with Crippen molar-refractivity contribution in [3.63, 3.8) is 0 Å². The van der Waals surface area contributed by atoms with Crippen LogP contribution >= 0.6 is 0 Å². The van der Waals surface area contributed by atoms with Gasteiger partial charge >= 0.3 is 6.03 Å². The fourth-order valence-corrected chi connectivity index (χ4v) is 3.22. The number of rotatable bonds is 5. The second-order valence-electron chi connectivity index (χ2n) is 6.69. The Morgan fingerprint density at radius 3 is 2.66 bits per heavy atom. The van der Waals surface area contributed by atoms with E-state index in [4.69, 9.17) is 4.74 Å². The predicted octanol–water partition coefficient (Wildman–Crippen LogP) is 3.30. The van der Waals surface area contributed by atoms with Gasteiger partial charge in [-0.15, -0.1) is 0 Å². The Kier molecular flexibility index (Phi) is 5.97. The minimum atomic E-state index is -0.278. The smallest absolute Gasteiger partial charge is 0.319 e. The normalized spacial score (nSPS) is 13.7. The summed E-state index contributed by atoms with van der Waals surface area (Å²) < 4.78 is 5.39. The van der Waals surface area contributed by atoms with Crippen molar-refractivity contribution in [1.82, 2.24) is 15.3 Å². The fraction of sp³-hybridized carbons (Fsp3) is 0.227. The molecule has 4 rings (SSSR count). The van der Waals surface area contributed by atoms with Crippen molar-refractivity contribution in [2.45, 2.75) is 6.54 Å². The van der Waals surface area contributed by atoms with E-state index >= 15 is 0 Å². The van der Waals surface area contributed by atoms with Crippen LogP contribution in [0.1, 0.15) is 5.56 Å². The summed E-state index contributed by atoms with van der Waals surface area (Å²) in [6.07, 6.45) is 3.49. The van der Waals surface area contributed by atoms with Gasteiger partial charge in [0.05, 0.1) is 24.6 Å². The molecule has 1 fully saturated rings. The lowest BCUT2D eigenvalue weighted by Gasteiger charge is -2.28. The molecule has 1 saturated heterocycles. The first-order chi connectivity index (χ1) is 14.3. The Bertz CT molecular complexity index is 958. The summed E-state index contributed by atoms with van der Waals surface area (Å²) in [6.45, 7) is 3.48. The molecule has 0 radical (unpaired) electrons. The molecule has 0 unspecified atom stereocenters. The fourth-order valence-electron chi connectivity index (χ4n) is 3.22. The molecule has 148 valence electrons. The first kappa shape index (κ1) is 18.9. The highest BCUT2D eigenvalue weighted by Crippen LogP contribution is 2.24. The third-order valence-corrected chi connectivity index (χ3v) is 4.70. The lowest BCUT2D eigenvalue weighted by atomic mass is 10.1. The van der Waals surface area contributed by atoms with E-state index in [9.17, 15) is 4.79 Å². The van der Waals surface area contributed by atoms with E-state index in [1.54, 1.807) is 18.5 Å². The van der Waals surface area contributed by atoms with E-state index < -0.39 is 0 Å². The van der Waals surface area contributed by atoms with Gasteiger partial charge in [-0.2, -0.15) is 0 Å². The van der Waals surface area contributed by atoms with E-state index in [1.807, 2.05) is 48.5 Å². The zero-order valence-corrected chi connectivity index (χ0v) is 16.0. The maximum absolute atomic E-state index is 12.5. The molecular formula is C22H23N5O2. The second kappa shape index (κ2) is 9.16. The van der Waals surface area contributed by atoms with Crippen molar-refractivity contribution in [1.29, 1.82) is 0 Å². The molecule has 7 heteroatoms. The van der Waals surface area contributed by atoms with E-state index in [1.165, 1.54) is 0 Å². The van der Waals surface area contributed by atoms with Crippen LogP contribution in [0, 0.1) is 0 Å². The molecule has 0 bridgehead atoms. The highest BCUT2D eigenvalue weighted by molar-refractivity contribution is 5.93. The zero-order chi connectivity index (χ0) is 19.9. The number of hydrogen-bond acceptors (Lipinski definition) is 5. The number of hydrogen-bond donors (Lipinski definition) is 2. The average molecular weight is 389 g/mol. The summed E-state index contributed by atoms with van der Waals surface area (Å²) in [5.74, 6) is 0.909. The number of pyridine rings is 2. The standard InChI is InChI=1S/C22H23N5O2/c28-22(26-19-7-4-9-24-21(19)18-5-2-1-3-6-18)25-16-17-8-10-23-20(15-17)27-11-13-29-14-12-27/h1-10,15H,11-14,16H2,(H2,25,26,28). The Hall–Kier alpha value is -3.45. The first-order valence-electron chi connectivity index (χ1n) is 9.62. The number of benzene rings is 1. The van der Waals surface area contributed by atoms with Gasteiger partial charge in [0.15, 0.2) is 0 Å². The van der Waals surface area contributed by atoms with Crippen molar-refractivity contribution in [3.05, 3.63) is 72.6 Å². The van der Waals surface area contributed by atoms with Crippen LogP contribution in [0.5, 0.6) is 0 Å². The molecule has 0 aliphatic carbocycles. The number of aromatic nitrogens is 2. The Labute approximate surface area is 169 Å². The Morgan fingerprint density at radius 1 is 1.00 bits per heavy atom. The molecule has 2 N–H and O–H groups in total. The molecule has 3 heterocycles. The SMILES string of the molecule is O=C(NCc1ccnc(N2CCOCC2)c1)Nc1cccnc1-c1ccccc1. The van der Waals surface area contributed by atoms with Gasteiger partial charge in [0, 0.05) is 37.6 Å². The van der Waals surface area contributed by atoms with Crippen LogP contribution in [0.25, 0.3) is 11.3 Å². The van der Waals surface area contributed by atoms with Crippen LogP contribution in [-0.2, 0) is 11.3 Å². The molecule has 0 spiro atoms. The van der Waals surface area contributed by atoms with Crippen LogP contribution in [0.15, 0.2) is 67.0 Å². The van der Waals surface area contributed by atoms with Crippen LogP contribution in [0.2, 0.25) is 0 Å². The van der Waals surface area contributed by atoms with Gasteiger partial charge in [-0.05, 0) is 29.8 Å². The molecule has 1 aliphatic heterocycles. The number of nitrogens with one attached hydrogen (secondary N) is 2. The van der Waals surface area contributed by atoms with Gasteiger partial charge in [0.25, 0.3) is 0 Å². The summed E-state index contributed by atoms with van der Waals surface area (Å²) >= 11 is 0. The number of carbonyl (C=O) groups is 1. The quantitative estimate of drug-likeness (QED) is 0.700. The van der Waals surface area contributed by atoms with Crippen molar-refractivity contribution >= 4 is 17.5 Å². The van der Waals surface area contributed by atoms with E-state index in [0.29, 0.717) is 25.4 Å². The van der Waals surface area contributed by atoms with Crippen LogP contribution in [-0.4, -0.2) is 42.3 Å². The highest BCUT2D eigenvalue weighted by atomic mass is 16.5. The number of carbonyl (C=O) groups excluding carboxylic acids is 1. The van der Waals surface area contributed by atoms with Crippen molar-refractivity contribution in [2.24, 2.45) is 0 Å². The molecule has 7 nitrogen and oxygen atoms in total. The van der Waals surface area contributed by atoms with Gasteiger partial charge in [-0.1, -0.05) is 30.3 Å². The van der Waals surface area contributed by atoms with Gasteiger partial charge in [-0.25, -0.2) is 9.78 Å². The number of amides is 2. The van der Waals surface area contributed by atoms with Gasteiger partial charge in [0.2, 0.25) is 0 Å². The summed E-state index contributed by atoms with van der Waals surface area (Å²) in [5.41, 5.74) is 3.35. The summed E-state index contributed by atoms with van der Waals surface area (Å²) in [7, 11) is 0. The summed E-state index contributed by atoms with van der Waals surface area (Å²) in [4.78, 5) is 23.5. The molecule has 3 aromatic rings. The highest BCUT2D eigenvalue weighted by Gasteiger charge is 2.13. The lowest BCUT2D eigenvalue weighted by Crippen LogP contribution is -2.36. The molecule has 1 aromatic carbocycles. The molecule has 2 aromatic heterocycles. The maximum atomic E-state index is 12.5. The van der Waals surface area contributed by atoms with E-state index in [2.05, 4.69) is 25.5 Å². The van der Waals surface area contributed by atoms with Gasteiger partial charge in [-0.3, -0.25) is 4.98 Å². The van der Waals surface area contributed by atoms with Crippen molar-refractivity contribution in [2.75, 3.05) is 36.5 Å². The Balaban J connectivity index is 1.39. The third kappa shape index (κ3) is 4.89. The van der Waals surface area contributed by atoms with E-state index in [-0.39, 0.29) is 6.03 Å². The monoisotopic (exact) mass is 389 g/mol. The minimum Gasteiger partial charge on any atom is -0.378 e. The molecule has 2 amide bonds. The molecule has 0 atom stereocenters. The molecule has 29 heavy (non-hydrogen) atoms. The number of urea groups is 1. The lowest BCUT2D eigenvalue weighted by molar-refractivity contribution is 0.122. The summed E-state index contributed by atoms with van der Waals surface area (Å²) in [5, 5.41) is 5.81. The zero-order valence-electron chi connectivity index (χ0n) is 16.0. The molecular weight excluding hydrogens is 366 g/mol. The second-order valence-corrected chi connectivity index (χ2v) is 6.69. The van der Waals surface area contributed by atoms with Gasteiger partial charge in [0.1, 0.15) is 5.82 Å². The first-order valence-corrected chi connectivity index (χ1v) is 9.62. The maximum Gasteiger partial charge on any atom is 0.319 e. The molecule has 0 saturated carbocycles. The van der Waals surface area contributed by atoms with Crippen molar-refractivity contribution < 1.29 is 9.53 Å². The minimum absolute atomic E-state index is 0.278. The van der Waals surface area contributed by atoms with Crippen LogP contribution in [0.3, 0.4) is 0 Å².